The summed E-state index contributed by atoms with van der Waals surface area (Å²) in [7, 11) is 0. The molecule has 3 nitrogen and oxygen atoms in total. The van der Waals surface area contributed by atoms with E-state index in [9.17, 15) is 4.79 Å². The van der Waals surface area contributed by atoms with Crippen LogP contribution in [0, 0.1) is 5.92 Å². The molecule has 2 N–H and O–H groups in total. The second-order valence-electron chi connectivity index (χ2n) is 5.89. The predicted octanol–water partition coefficient (Wildman–Crippen LogP) is 3.80. The van der Waals surface area contributed by atoms with E-state index >= 15 is 0 Å². The molecule has 0 radical (unpaired) electrons. The molecule has 0 bridgehead atoms. The van der Waals surface area contributed by atoms with E-state index in [2.05, 4.69) is 0 Å². The highest BCUT2D eigenvalue weighted by Gasteiger charge is 2.12. The SMILES string of the molecule is NC(=O)CCCCCCCCCCC1CCOCC1. The zero-order valence-electron chi connectivity index (χ0n) is 12.4. The Morgan fingerprint density at radius 1 is 0.895 bits per heavy atom. The number of amides is 1. The Balaban J connectivity index is 1.74. The minimum atomic E-state index is -0.159. The third kappa shape index (κ3) is 9.94. The van der Waals surface area contributed by atoms with E-state index < -0.39 is 0 Å². The molecule has 1 fully saturated rings. The van der Waals surface area contributed by atoms with Crippen LogP contribution in [0.25, 0.3) is 0 Å². The van der Waals surface area contributed by atoms with Crippen molar-refractivity contribution in [1.82, 2.24) is 0 Å². The van der Waals surface area contributed by atoms with Gasteiger partial charge in [-0.25, -0.2) is 0 Å². The van der Waals surface area contributed by atoms with Gasteiger partial charge >= 0.3 is 0 Å². The van der Waals surface area contributed by atoms with E-state index in [4.69, 9.17) is 10.5 Å². The first-order valence-electron chi connectivity index (χ1n) is 8.15. The lowest BCUT2D eigenvalue weighted by Gasteiger charge is -2.21. The number of primary amides is 1. The first kappa shape index (κ1) is 16.5. The number of hydrogen-bond donors (Lipinski definition) is 1. The Morgan fingerprint density at radius 2 is 1.42 bits per heavy atom. The molecule has 1 rings (SSSR count). The van der Waals surface area contributed by atoms with Crippen LogP contribution < -0.4 is 5.73 Å². The van der Waals surface area contributed by atoms with Crippen molar-refractivity contribution in [3.05, 3.63) is 0 Å². The first-order chi connectivity index (χ1) is 9.29. The maximum atomic E-state index is 10.6. The highest BCUT2D eigenvalue weighted by molar-refractivity contribution is 5.73. The average molecular weight is 269 g/mol. The van der Waals surface area contributed by atoms with Gasteiger partial charge in [0.1, 0.15) is 0 Å². The molecule has 3 heteroatoms. The predicted molar refractivity (Wildman–Crippen MR) is 78.9 cm³/mol. The number of carbonyl (C=O) groups excluding carboxylic acids is 1. The van der Waals surface area contributed by atoms with Crippen molar-refractivity contribution in [3.8, 4) is 0 Å². The van der Waals surface area contributed by atoms with Crippen molar-refractivity contribution >= 4 is 5.91 Å². The van der Waals surface area contributed by atoms with Crippen molar-refractivity contribution in [2.24, 2.45) is 11.7 Å². The molecule has 1 amide bonds. The van der Waals surface area contributed by atoms with Crippen molar-refractivity contribution in [3.63, 3.8) is 0 Å². The van der Waals surface area contributed by atoms with Crippen LogP contribution in [0.15, 0.2) is 0 Å². The molecule has 0 unspecified atom stereocenters. The van der Waals surface area contributed by atoms with Crippen LogP contribution in [0.5, 0.6) is 0 Å². The fourth-order valence-electron chi connectivity index (χ4n) is 2.83. The molecular formula is C16H31NO2. The van der Waals surface area contributed by atoms with Gasteiger partial charge in [-0.15, -0.1) is 0 Å². The Bertz CT molecular complexity index is 225. The average Bonchev–Trinajstić information content (AvgIpc) is 2.42. The van der Waals surface area contributed by atoms with Gasteiger partial charge in [-0.2, -0.15) is 0 Å². The zero-order chi connectivity index (χ0) is 13.8. The second kappa shape index (κ2) is 11.3. The van der Waals surface area contributed by atoms with Gasteiger partial charge in [-0.3, -0.25) is 4.79 Å². The molecule has 1 aliphatic rings. The molecule has 0 saturated carbocycles. The van der Waals surface area contributed by atoms with Gasteiger partial charge in [0.15, 0.2) is 0 Å². The molecule has 1 aliphatic heterocycles. The van der Waals surface area contributed by atoms with E-state index in [0.717, 1.165) is 32.0 Å². The minimum absolute atomic E-state index is 0.159. The first-order valence-corrected chi connectivity index (χ1v) is 8.15. The molecule has 112 valence electrons. The van der Waals surface area contributed by atoms with Gasteiger partial charge in [0.25, 0.3) is 0 Å². The number of rotatable bonds is 11. The van der Waals surface area contributed by atoms with Crippen LogP contribution in [-0.4, -0.2) is 19.1 Å². The molecule has 0 aliphatic carbocycles. The molecule has 1 heterocycles. The molecular weight excluding hydrogens is 238 g/mol. The summed E-state index contributed by atoms with van der Waals surface area (Å²) in [6, 6.07) is 0. The Kier molecular flexibility index (Phi) is 9.78. The van der Waals surface area contributed by atoms with Crippen LogP contribution in [0.3, 0.4) is 0 Å². The van der Waals surface area contributed by atoms with Crippen LogP contribution >= 0.6 is 0 Å². The standard InChI is InChI=1S/C16H31NO2/c17-16(18)10-8-6-4-2-1-3-5-7-9-15-11-13-19-14-12-15/h15H,1-14H2,(H2,17,18). The quantitative estimate of drug-likeness (QED) is 0.580. The molecule has 19 heavy (non-hydrogen) atoms. The van der Waals surface area contributed by atoms with E-state index in [0.29, 0.717) is 6.42 Å². The van der Waals surface area contributed by atoms with Gasteiger partial charge in [-0.1, -0.05) is 51.4 Å². The van der Waals surface area contributed by atoms with Crippen LogP contribution in [-0.2, 0) is 9.53 Å². The molecule has 0 aromatic heterocycles. The summed E-state index contributed by atoms with van der Waals surface area (Å²) in [6.45, 7) is 1.96. The third-order valence-electron chi connectivity index (χ3n) is 4.13. The summed E-state index contributed by atoms with van der Waals surface area (Å²) in [4.78, 5) is 10.6. The largest absolute Gasteiger partial charge is 0.381 e. The van der Waals surface area contributed by atoms with E-state index in [1.54, 1.807) is 0 Å². The van der Waals surface area contributed by atoms with Crippen LogP contribution in [0.2, 0.25) is 0 Å². The monoisotopic (exact) mass is 269 g/mol. The van der Waals surface area contributed by atoms with Crippen molar-refractivity contribution in [2.75, 3.05) is 13.2 Å². The van der Waals surface area contributed by atoms with Crippen molar-refractivity contribution in [2.45, 2.75) is 77.0 Å². The van der Waals surface area contributed by atoms with Gasteiger partial charge in [-0.05, 0) is 25.2 Å². The molecule has 0 aromatic rings. The Hall–Kier alpha value is -0.570. The summed E-state index contributed by atoms with van der Waals surface area (Å²) in [5, 5.41) is 0. The molecule has 0 aromatic carbocycles. The topological polar surface area (TPSA) is 52.3 Å². The number of nitrogens with two attached hydrogens (primary N) is 1. The normalized spacial score (nSPS) is 16.6. The maximum absolute atomic E-state index is 10.6. The number of ether oxygens (including phenoxy) is 1. The van der Waals surface area contributed by atoms with Gasteiger partial charge in [0.2, 0.25) is 5.91 Å². The lowest BCUT2D eigenvalue weighted by Crippen LogP contribution is -2.15. The summed E-state index contributed by atoms with van der Waals surface area (Å²) < 4.78 is 5.38. The summed E-state index contributed by atoms with van der Waals surface area (Å²) in [5.41, 5.74) is 5.10. The van der Waals surface area contributed by atoms with Gasteiger partial charge in [0.05, 0.1) is 0 Å². The summed E-state index contributed by atoms with van der Waals surface area (Å²) in [6.07, 6.45) is 14.7. The molecule has 0 atom stereocenters. The maximum Gasteiger partial charge on any atom is 0.217 e. The van der Waals surface area contributed by atoms with Gasteiger partial charge in [0, 0.05) is 19.6 Å². The van der Waals surface area contributed by atoms with E-state index in [1.165, 1.54) is 57.8 Å². The Morgan fingerprint density at radius 3 is 2.00 bits per heavy atom. The van der Waals surface area contributed by atoms with Crippen LogP contribution in [0.1, 0.15) is 77.0 Å². The third-order valence-corrected chi connectivity index (χ3v) is 4.13. The van der Waals surface area contributed by atoms with Crippen LogP contribution in [0.4, 0.5) is 0 Å². The van der Waals surface area contributed by atoms with Crippen molar-refractivity contribution < 1.29 is 9.53 Å². The summed E-state index contributed by atoms with van der Waals surface area (Å²) in [5.74, 6) is 0.774. The van der Waals surface area contributed by atoms with E-state index in [1.807, 2.05) is 0 Å². The highest BCUT2D eigenvalue weighted by Crippen LogP contribution is 2.21. The number of unbranched alkanes of at least 4 members (excludes halogenated alkanes) is 7. The highest BCUT2D eigenvalue weighted by atomic mass is 16.5. The number of hydrogen-bond acceptors (Lipinski definition) is 2. The van der Waals surface area contributed by atoms with E-state index in [-0.39, 0.29) is 5.91 Å². The lowest BCUT2D eigenvalue weighted by atomic mass is 9.93. The zero-order valence-corrected chi connectivity index (χ0v) is 12.4. The second-order valence-corrected chi connectivity index (χ2v) is 5.89. The van der Waals surface area contributed by atoms with Gasteiger partial charge < -0.3 is 10.5 Å². The van der Waals surface area contributed by atoms with Crippen molar-refractivity contribution in [1.29, 1.82) is 0 Å². The minimum Gasteiger partial charge on any atom is -0.381 e. The molecule has 1 saturated heterocycles. The summed E-state index contributed by atoms with van der Waals surface area (Å²) >= 11 is 0. The number of carbonyl (C=O) groups is 1. The Labute approximate surface area is 118 Å². The fraction of sp³-hybridized carbons (Fsp3) is 0.938. The molecule has 0 spiro atoms. The lowest BCUT2D eigenvalue weighted by molar-refractivity contribution is -0.118. The smallest absolute Gasteiger partial charge is 0.217 e. The fourth-order valence-corrected chi connectivity index (χ4v) is 2.83.